The van der Waals surface area contributed by atoms with Crippen molar-refractivity contribution in [3.8, 4) is 11.1 Å². The van der Waals surface area contributed by atoms with E-state index in [9.17, 15) is 0 Å². The van der Waals surface area contributed by atoms with Gasteiger partial charge in [0.25, 0.3) is 0 Å². The van der Waals surface area contributed by atoms with Crippen molar-refractivity contribution in [3.63, 3.8) is 0 Å². The maximum Gasteiger partial charge on any atom is -1.00 e. The number of benzene rings is 2. The van der Waals surface area contributed by atoms with Crippen molar-refractivity contribution >= 4 is 0 Å². The van der Waals surface area contributed by atoms with Crippen molar-refractivity contribution < 1.29 is 48.0 Å². The van der Waals surface area contributed by atoms with Gasteiger partial charge in [-0.05, 0) is 0 Å². The van der Waals surface area contributed by atoms with Gasteiger partial charge in [0, 0.05) is 0 Å². The van der Waals surface area contributed by atoms with E-state index in [0.717, 1.165) is 12.8 Å². The van der Waals surface area contributed by atoms with E-state index < -0.39 is 23.2 Å². The normalized spacial score (nSPS) is 14.7. The summed E-state index contributed by atoms with van der Waals surface area (Å²) in [6, 6.07) is 14.6. The van der Waals surface area contributed by atoms with Crippen LogP contribution in [-0.2, 0) is 36.1 Å². The van der Waals surface area contributed by atoms with Crippen LogP contribution in [-0.4, -0.2) is 0 Å². The van der Waals surface area contributed by atoms with Crippen LogP contribution < -0.4 is 24.8 Å². The Morgan fingerprint density at radius 1 is 0.677 bits per heavy atom. The third kappa shape index (κ3) is 4.85. The maximum atomic E-state index is 2.54. The Bertz CT molecular complexity index is 947. The molecule has 0 saturated heterocycles. The number of fused-ring (bicyclic) bond motifs is 3. The van der Waals surface area contributed by atoms with Crippen LogP contribution in [0.2, 0.25) is 0 Å². The van der Waals surface area contributed by atoms with E-state index >= 15 is 0 Å². The molecule has 2 aromatic carbocycles. The number of hydrogen-bond acceptors (Lipinski definition) is 0. The van der Waals surface area contributed by atoms with Gasteiger partial charge in [0.1, 0.15) is 0 Å². The molecular formula is C28H34Cl2Zr. The van der Waals surface area contributed by atoms with E-state index in [1.165, 1.54) is 47.9 Å². The first kappa shape index (κ1) is 26.6. The molecule has 0 radical (unpaired) electrons. The molecule has 0 saturated carbocycles. The summed E-state index contributed by atoms with van der Waals surface area (Å²) in [5.41, 5.74) is 14.5. The fraction of sp³-hybridized carbons (Fsp3) is 0.429. The Morgan fingerprint density at radius 3 is 1.61 bits per heavy atom. The molecule has 2 aliphatic rings. The molecule has 0 spiro atoms. The smallest absolute Gasteiger partial charge is 1.00 e. The molecule has 0 bridgehead atoms. The van der Waals surface area contributed by atoms with Crippen LogP contribution in [0.5, 0.6) is 0 Å². The standard InChI is InChI=1S/C17H17.C11H17.2ClH.Zr/c1-3-12-5-7-16-14(9-12)11-15-10-13(4-2)6-8-17(15)16;1-4-9-7-8-10(5-2)11(9)6-3;;;/h5-11H,3-4H2,1-2H3;4-7H2,1-3H3;2*1H;/q;;;;+2/p-2. The van der Waals surface area contributed by atoms with E-state index in [1.807, 2.05) is 3.28 Å². The van der Waals surface area contributed by atoms with Crippen LogP contribution in [0.4, 0.5) is 0 Å². The molecule has 0 aromatic heterocycles. The van der Waals surface area contributed by atoms with Crippen molar-refractivity contribution in [2.24, 2.45) is 0 Å². The predicted molar refractivity (Wildman–Crippen MR) is 122 cm³/mol. The number of allylic oxidation sites excluding steroid dienone is 4. The van der Waals surface area contributed by atoms with E-state index in [2.05, 4.69) is 71.0 Å². The number of halogens is 2. The largest absolute Gasteiger partial charge is 1.00 e. The van der Waals surface area contributed by atoms with Crippen LogP contribution in [0.1, 0.15) is 86.2 Å². The van der Waals surface area contributed by atoms with Gasteiger partial charge in [-0.15, -0.1) is 0 Å². The summed E-state index contributed by atoms with van der Waals surface area (Å²) in [6.07, 6.45) is 7.22. The minimum absolute atomic E-state index is 0. The number of aryl methyl sites for hydroxylation is 2. The van der Waals surface area contributed by atoms with Gasteiger partial charge < -0.3 is 24.8 Å². The Kier molecular flexibility index (Phi) is 9.87. The third-order valence-electron chi connectivity index (χ3n) is 6.96. The van der Waals surface area contributed by atoms with Crippen LogP contribution >= 0.6 is 0 Å². The van der Waals surface area contributed by atoms with Crippen LogP contribution in [0.3, 0.4) is 0 Å². The first-order valence-electron chi connectivity index (χ1n) is 11.6. The fourth-order valence-corrected chi connectivity index (χ4v) is 10.1. The second-order valence-electron chi connectivity index (χ2n) is 8.40. The zero-order valence-corrected chi connectivity index (χ0v) is 23.5. The minimum atomic E-state index is -0.760. The molecule has 0 fully saturated rings. The monoisotopic (exact) mass is 530 g/mol. The summed E-state index contributed by atoms with van der Waals surface area (Å²) in [4.78, 5) is 0. The summed E-state index contributed by atoms with van der Waals surface area (Å²) >= 11 is -0.760. The van der Waals surface area contributed by atoms with E-state index in [4.69, 9.17) is 0 Å². The van der Waals surface area contributed by atoms with E-state index in [-0.39, 0.29) is 24.8 Å². The molecule has 31 heavy (non-hydrogen) atoms. The molecule has 0 aliphatic heterocycles. The van der Waals surface area contributed by atoms with Crippen molar-refractivity contribution in [1.82, 2.24) is 0 Å². The third-order valence-corrected chi connectivity index (χ3v) is 11.2. The van der Waals surface area contributed by atoms with E-state index in [1.54, 1.807) is 27.8 Å². The van der Waals surface area contributed by atoms with Crippen molar-refractivity contribution in [2.75, 3.05) is 0 Å². The predicted octanol–water partition coefficient (Wildman–Crippen LogP) is 2.16. The summed E-state index contributed by atoms with van der Waals surface area (Å²) < 4.78 is 2.57. The summed E-state index contributed by atoms with van der Waals surface area (Å²) in [7, 11) is 0. The molecule has 164 valence electrons. The molecule has 4 rings (SSSR count). The molecular weight excluding hydrogens is 498 g/mol. The molecule has 0 atom stereocenters. The molecule has 2 aliphatic carbocycles. The molecule has 3 heteroatoms. The van der Waals surface area contributed by atoms with Crippen molar-refractivity contribution in [2.45, 2.75) is 76.8 Å². The molecule has 0 nitrogen and oxygen atoms in total. The Morgan fingerprint density at radius 2 is 1.19 bits per heavy atom. The average molecular weight is 533 g/mol. The maximum absolute atomic E-state index is 2.54. The van der Waals surface area contributed by atoms with Crippen LogP contribution in [0, 0.1) is 0 Å². The quantitative estimate of drug-likeness (QED) is 0.513. The van der Waals surface area contributed by atoms with Crippen LogP contribution in [0.25, 0.3) is 11.1 Å². The number of rotatable bonds is 7. The van der Waals surface area contributed by atoms with Gasteiger partial charge in [0.05, 0.1) is 0 Å². The van der Waals surface area contributed by atoms with Gasteiger partial charge in [-0.25, -0.2) is 0 Å². The van der Waals surface area contributed by atoms with Gasteiger partial charge in [0.15, 0.2) is 0 Å². The average Bonchev–Trinajstić information content (AvgIpc) is 3.27. The zero-order valence-electron chi connectivity index (χ0n) is 19.5. The molecule has 0 N–H and O–H groups in total. The second-order valence-corrected chi connectivity index (χ2v) is 12.0. The minimum Gasteiger partial charge on any atom is -1.00 e. The molecule has 2 aromatic rings. The van der Waals surface area contributed by atoms with Crippen molar-refractivity contribution in [3.05, 3.63) is 78.7 Å². The van der Waals surface area contributed by atoms with Gasteiger partial charge in [-0.3, -0.25) is 0 Å². The Hall–Kier alpha value is -0.617. The van der Waals surface area contributed by atoms with Gasteiger partial charge >= 0.3 is 190 Å². The fourth-order valence-electron chi connectivity index (χ4n) is 5.32. The van der Waals surface area contributed by atoms with Crippen LogP contribution in [0.15, 0.2) is 56.4 Å². The molecule has 0 heterocycles. The summed E-state index contributed by atoms with van der Waals surface area (Å²) in [5.74, 6) is 0. The topological polar surface area (TPSA) is 0 Å². The second kappa shape index (κ2) is 11.5. The zero-order chi connectivity index (χ0) is 20.5. The first-order chi connectivity index (χ1) is 14.1. The summed E-state index contributed by atoms with van der Waals surface area (Å²) in [5, 5.41) is 0. The van der Waals surface area contributed by atoms with E-state index in [0.29, 0.717) is 3.63 Å². The van der Waals surface area contributed by atoms with Crippen molar-refractivity contribution in [1.29, 1.82) is 0 Å². The Labute approximate surface area is 213 Å². The first-order valence-corrected chi connectivity index (χ1v) is 14.3. The SMILES string of the molecule is CCC1=C(CC)C(CC)=[C]([Zr+2][CH]2c3cc(CC)ccc3-c3ccc(CC)cc32)C1.[Cl-].[Cl-]. The molecule has 0 amide bonds. The van der Waals surface area contributed by atoms with Gasteiger partial charge in [-0.2, -0.15) is 0 Å². The van der Waals surface area contributed by atoms with Gasteiger partial charge in [0.2, 0.25) is 0 Å². The Balaban J connectivity index is 0.00000171. The molecule has 0 unspecified atom stereocenters. The summed E-state index contributed by atoms with van der Waals surface area (Å²) in [6.45, 7) is 11.7. The van der Waals surface area contributed by atoms with Gasteiger partial charge in [-0.1, -0.05) is 0 Å². The number of hydrogen-bond donors (Lipinski definition) is 0.